The van der Waals surface area contributed by atoms with Crippen LogP contribution in [0.4, 0.5) is 13.2 Å². The van der Waals surface area contributed by atoms with Crippen molar-refractivity contribution in [3.63, 3.8) is 0 Å². The van der Waals surface area contributed by atoms with Crippen LogP contribution in [-0.2, 0) is 0 Å². The van der Waals surface area contributed by atoms with E-state index in [1.54, 1.807) is 16.8 Å². The Bertz CT molecular complexity index is 383. The molecular formula is C12H13F3OS. The van der Waals surface area contributed by atoms with Gasteiger partial charge >= 0.3 is 6.18 Å². The summed E-state index contributed by atoms with van der Waals surface area (Å²) in [4.78, 5) is 12.0. The van der Waals surface area contributed by atoms with Crippen molar-refractivity contribution in [2.75, 3.05) is 0 Å². The summed E-state index contributed by atoms with van der Waals surface area (Å²) in [5, 5.41) is 3.35. The van der Waals surface area contributed by atoms with Crippen molar-refractivity contribution < 1.29 is 18.0 Å². The molecule has 2 atom stereocenters. The van der Waals surface area contributed by atoms with Gasteiger partial charge in [0.25, 0.3) is 0 Å². The highest BCUT2D eigenvalue weighted by molar-refractivity contribution is 7.08. The van der Waals surface area contributed by atoms with Gasteiger partial charge in [-0.1, -0.05) is 12.8 Å². The predicted molar refractivity (Wildman–Crippen MR) is 60.2 cm³/mol. The molecule has 0 spiro atoms. The van der Waals surface area contributed by atoms with Gasteiger partial charge in [-0.05, 0) is 24.3 Å². The highest BCUT2D eigenvalue weighted by Crippen LogP contribution is 2.42. The van der Waals surface area contributed by atoms with Gasteiger partial charge in [0.2, 0.25) is 0 Å². The molecule has 1 aliphatic rings. The number of carbonyl (C=O) groups is 1. The SMILES string of the molecule is O=C(c1ccsc1)C1CCCCC1C(F)(F)F. The van der Waals surface area contributed by atoms with E-state index in [0.717, 1.165) is 0 Å². The van der Waals surface area contributed by atoms with Gasteiger partial charge in [-0.25, -0.2) is 0 Å². The second-order valence-electron chi connectivity index (χ2n) is 4.42. The second-order valence-corrected chi connectivity index (χ2v) is 5.20. The Hall–Kier alpha value is -0.840. The molecule has 0 N–H and O–H groups in total. The molecule has 1 aromatic rings. The number of rotatable bonds is 2. The summed E-state index contributed by atoms with van der Waals surface area (Å²) in [5.41, 5.74) is 0.427. The van der Waals surface area contributed by atoms with E-state index in [-0.39, 0.29) is 12.2 Å². The van der Waals surface area contributed by atoms with E-state index in [1.165, 1.54) is 11.3 Å². The van der Waals surface area contributed by atoms with Crippen LogP contribution in [0.3, 0.4) is 0 Å². The normalized spacial score (nSPS) is 25.8. The van der Waals surface area contributed by atoms with Gasteiger partial charge < -0.3 is 0 Å². The molecule has 1 heterocycles. The lowest BCUT2D eigenvalue weighted by molar-refractivity contribution is -0.190. The molecule has 0 radical (unpaired) electrons. The standard InChI is InChI=1S/C12H13F3OS/c13-12(14,15)10-4-2-1-3-9(10)11(16)8-5-6-17-7-8/h5-7,9-10H,1-4H2. The van der Waals surface area contributed by atoms with Crippen LogP contribution in [0.2, 0.25) is 0 Å². The molecule has 94 valence electrons. The average Bonchev–Trinajstić information content (AvgIpc) is 2.80. The molecule has 1 saturated carbocycles. The van der Waals surface area contributed by atoms with E-state index in [1.807, 2.05) is 0 Å². The zero-order valence-electron chi connectivity index (χ0n) is 9.17. The number of Topliss-reactive ketones (excluding diaryl/α,β-unsaturated/α-hetero) is 1. The van der Waals surface area contributed by atoms with Gasteiger partial charge in [0.05, 0.1) is 5.92 Å². The van der Waals surface area contributed by atoms with Gasteiger partial charge in [0.1, 0.15) is 0 Å². The molecule has 17 heavy (non-hydrogen) atoms. The van der Waals surface area contributed by atoms with Crippen LogP contribution in [-0.4, -0.2) is 12.0 Å². The van der Waals surface area contributed by atoms with Crippen LogP contribution in [0.25, 0.3) is 0 Å². The summed E-state index contributed by atoms with van der Waals surface area (Å²) in [6, 6.07) is 1.61. The Labute approximate surface area is 102 Å². The monoisotopic (exact) mass is 262 g/mol. The number of halogens is 3. The summed E-state index contributed by atoms with van der Waals surface area (Å²) in [6.45, 7) is 0. The number of hydrogen-bond donors (Lipinski definition) is 0. The Kier molecular flexibility index (Phi) is 3.56. The first-order valence-electron chi connectivity index (χ1n) is 5.63. The average molecular weight is 262 g/mol. The number of thiophene rings is 1. The molecule has 0 aromatic carbocycles. The number of ketones is 1. The summed E-state index contributed by atoms with van der Waals surface area (Å²) in [7, 11) is 0. The maximum absolute atomic E-state index is 12.8. The third kappa shape index (κ3) is 2.70. The van der Waals surface area contributed by atoms with Crippen molar-refractivity contribution in [3.8, 4) is 0 Å². The molecule has 5 heteroatoms. The van der Waals surface area contributed by atoms with Crippen molar-refractivity contribution >= 4 is 17.1 Å². The molecule has 0 aliphatic heterocycles. The molecule has 1 aromatic heterocycles. The van der Waals surface area contributed by atoms with Crippen LogP contribution in [0.15, 0.2) is 16.8 Å². The first-order chi connectivity index (χ1) is 8.00. The molecule has 2 rings (SSSR count). The molecule has 1 nitrogen and oxygen atoms in total. The smallest absolute Gasteiger partial charge is 0.294 e. The fourth-order valence-corrected chi connectivity index (χ4v) is 3.10. The third-order valence-corrected chi connectivity index (χ3v) is 4.01. The van der Waals surface area contributed by atoms with Crippen LogP contribution in [0.1, 0.15) is 36.0 Å². The summed E-state index contributed by atoms with van der Waals surface area (Å²) >= 11 is 1.34. The predicted octanol–water partition coefficient (Wildman–Crippen LogP) is 4.30. The minimum atomic E-state index is -4.25. The van der Waals surface area contributed by atoms with E-state index in [2.05, 4.69) is 0 Å². The van der Waals surface area contributed by atoms with E-state index in [9.17, 15) is 18.0 Å². The van der Waals surface area contributed by atoms with Crippen molar-refractivity contribution in [1.82, 2.24) is 0 Å². The zero-order valence-corrected chi connectivity index (χ0v) is 9.98. The van der Waals surface area contributed by atoms with Gasteiger partial charge in [-0.3, -0.25) is 4.79 Å². The number of hydrogen-bond acceptors (Lipinski definition) is 2. The first kappa shape index (κ1) is 12.6. The fourth-order valence-electron chi connectivity index (χ4n) is 2.46. The van der Waals surface area contributed by atoms with E-state index >= 15 is 0 Å². The van der Waals surface area contributed by atoms with E-state index in [4.69, 9.17) is 0 Å². The van der Waals surface area contributed by atoms with E-state index < -0.39 is 18.0 Å². The summed E-state index contributed by atoms with van der Waals surface area (Å²) < 4.78 is 38.5. The number of alkyl halides is 3. The minimum absolute atomic E-state index is 0.0873. The lowest BCUT2D eigenvalue weighted by atomic mass is 9.75. The second kappa shape index (κ2) is 4.80. The van der Waals surface area contributed by atoms with Crippen LogP contribution in [0.5, 0.6) is 0 Å². The highest BCUT2D eigenvalue weighted by atomic mass is 32.1. The number of carbonyl (C=O) groups excluding carboxylic acids is 1. The quantitative estimate of drug-likeness (QED) is 0.726. The van der Waals surface area contributed by atoms with Gasteiger partial charge in [-0.15, -0.1) is 0 Å². The van der Waals surface area contributed by atoms with Crippen molar-refractivity contribution in [2.24, 2.45) is 11.8 Å². The van der Waals surface area contributed by atoms with Gasteiger partial charge in [0.15, 0.2) is 5.78 Å². The van der Waals surface area contributed by atoms with E-state index in [0.29, 0.717) is 24.8 Å². The summed E-state index contributed by atoms with van der Waals surface area (Å²) in [5.74, 6) is -2.67. The Morgan fingerprint density at radius 3 is 2.59 bits per heavy atom. The van der Waals surface area contributed by atoms with Crippen LogP contribution in [0, 0.1) is 11.8 Å². The fraction of sp³-hybridized carbons (Fsp3) is 0.583. The van der Waals surface area contributed by atoms with Crippen molar-refractivity contribution in [3.05, 3.63) is 22.4 Å². The molecule has 0 amide bonds. The van der Waals surface area contributed by atoms with Crippen LogP contribution >= 0.6 is 11.3 Å². The topological polar surface area (TPSA) is 17.1 Å². The van der Waals surface area contributed by atoms with Crippen molar-refractivity contribution in [1.29, 1.82) is 0 Å². The Morgan fingerprint density at radius 1 is 1.29 bits per heavy atom. The third-order valence-electron chi connectivity index (χ3n) is 3.33. The molecule has 1 fully saturated rings. The van der Waals surface area contributed by atoms with Crippen LogP contribution < -0.4 is 0 Å². The van der Waals surface area contributed by atoms with Gasteiger partial charge in [-0.2, -0.15) is 24.5 Å². The maximum atomic E-state index is 12.8. The maximum Gasteiger partial charge on any atom is 0.392 e. The largest absolute Gasteiger partial charge is 0.392 e. The zero-order chi connectivity index (χ0) is 12.5. The van der Waals surface area contributed by atoms with Gasteiger partial charge in [0, 0.05) is 16.9 Å². The lowest BCUT2D eigenvalue weighted by Gasteiger charge is -2.31. The Balaban J connectivity index is 2.20. The molecule has 0 saturated heterocycles. The molecule has 0 bridgehead atoms. The first-order valence-corrected chi connectivity index (χ1v) is 6.57. The molecule has 2 unspecified atom stereocenters. The minimum Gasteiger partial charge on any atom is -0.294 e. The summed E-state index contributed by atoms with van der Waals surface area (Å²) in [6.07, 6.45) is -2.52. The highest BCUT2D eigenvalue weighted by Gasteiger charge is 2.47. The molecular weight excluding hydrogens is 249 g/mol. The molecule has 1 aliphatic carbocycles. The Morgan fingerprint density at radius 2 is 2.00 bits per heavy atom. The lowest BCUT2D eigenvalue weighted by Crippen LogP contribution is -2.37. The van der Waals surface area contributed by atoms with Crippen molar-refractivity contribution in [2.45, 2.75) is 31.9 Å².